The molecule has 0 aromatic carbocycles. The average Bonchev–Trinajstić information content (AvgIpc) is 3.62. The average molecular weight is 650 g/mol. The molecular formula is C26H30F12O5. The third kappa shape index (κ3) is 4.90. The van der Waals surface area contributed by atoms with Gasteiger partial charge in [0.25, 0.3) is 11.2 Å². The Morgan fingerprint density at radius 3 is 1.49 bits per heavy atom. The maximum absolute atomic E-state index is 13.2. The zero-order valence-electron chi connectivity index (χ0n) is 22.5. The van der Waals surface area contributed by atoms with Gasteiger partial charge in [0.05, 0.1) is 37.4 Å². The molecule has 1 N–H and O–H groups in total. The number of alkyl halides is 12. The smallest absolute Gasteiger partial charge is 0.426 e. The summed E-state index contributed by atoms with van der Waals surface area (Å²) in [7, 11) is 0. The number of fused-ring (bicyclic) bond motifs is 2. The van der Waals surface area contributed by atoms with Gasteiger partial charge in [0.2, 0.25) is 0 Å². The molecule has 5 nitrogen and oxygen atoms in total. The van der Waals surface area contributed by atoms with Crippen LogP contribution >= 0.6 is 0 Å². The maximum Gasteiger partial charge on any atom is 0.426 e. The fraction of sp³-hybridized carbons (Fsp3) is 0.846. The molecule has 0 aromatic rings. The lowest BCUT2D eigenvalue weighted by Gasteiger charge is -2.39. The second-order valence-electron chi connectivity index (χ2n) is 11.5. The van der Waals surface area contributed by atoms with E-state index in [1.54, 1.807) is 0 Å². The Morgan fingerprint density at radius 2 is 1.12 bits per heavy atom. The maximum atomic E-state index is 13.2. The summed E-state index contributed by atoms with van der Waals surface area (Å²) >= 11 is 0. The van der Waals surface area contributed by atoms with Crippen LogP contribution in [0.5, 0.6) is 0 Å². The molecule has 43 heavy (non-hydrogen) atoms. The molecule has 2 heterocycles. The van der Waals surface area contributed by atoms with Crippen molar-refractivity contribution in [1.29, 1.82) is 0 Å². The van der Waals surface area contributed by atoms with Crippen molar-refractivity contribution in [3.63, 3.8) is 0 Å². The molecule has 4 aliphatic carbocycles. The summed E-state index contributed by atoms with van der Waals surface area (Å²) in [6.45, 7) is 9.21. The number of halogens is 12. The SMILES string of the molecule is C=COC1C2CC3OC(C(F)(F)F)(C(F)(F)F)C1C3C2.C=COCC.OC1C2CC3OC(C(F)(F)F)(C(F)(F)F)C1C3C2. The van der Waals surface area contributed by atoms with E-state index in [2.05, 4.69) is 27.4 Å². The summed E-state index contributed by atoms with van der Waals surface area (Å²) in [5.41, 5.74) is -8.31. The molecule has 2 aliphatic heterocycles. The van der Waals surface area contributed by atoms with Gasteiger partial charge < -0.3 is 24.1 Å². The topological polar surface area (TPSA) is 57.2 Å². The summed E-state index contributed by atoms with van der Waals surface area (Å²) in [6.07, 6.45) is -23.9. The first-order valence-corrected chi connectivity index (χ1v) is 13.4. The molecule has 10 atom stereocenters. The lowest BCUT2D eigenvalue weighted by Crippen LogP contribution is -2.62. The highest BCUT2D eigenvalue weighted by Crippen LogP contribution is 2.69. The van der Waals surface area contributed by atoms with Crippen LogP contribution in [0.15, 0.2) is 25.7 Å². The number of hydrogen-bond acceptors (Lipinski definition) is 5. The Balaban J connectivity index is 0.000000171. The van der Waals surface area contributed by atoms with E-state index < -0.39 is 89.9 Å². The Hall–Kier alpha value is -1.88. The first-order valence-electron chi connectivity index (χ1n) is 13.4. The normalized spacial score (nSPS) is 39.5. The highest BCUT2D eigenvalue weighted by Gasteiger charge is 2.86. The highest BCUT2D eigenvalue weighted by atomic mass is 19.4. The number of rotatable bonds is 4. The van der Waals surface area contributed by atoms with Crippen LogP contribution in [0.1, 0.15) is 32.6 Å². The Kier molecular flexibility index (Phi) is 8.60. The number of aliphatic hydroxyl groups excluding tert-OH is 1. The van der Waals surface area contributed by atoms with E-state index in [0.717, 1.165) is 12.9 Å². The Bertz CT molecular complexity index is 1010. The van der Waals surface area contributed by atoms with Crippen molar-refractivity contribution in [2.45, 2.75) is 92.9 Å². The van der Waals surface area contributed by atoms with Gasteiger partial charge in [-0.05, 0) is 56.3 Å². The largest absolute Gasteiger partial charge is 0.502 e. The molecule has 10 unspecified atom stereocenters. The van der Waals surface area contributed by atoms with Crippen molar-refractivity contribution in [1.82, 2.24) is 0 Å². The van der Waals surface area contributed by atoms with Crippen LogP contribution < -0.4 is 0 Å². The molecule has 4 bridgehead atoms. The van der Waals surface area contributed by atoms with Crippen LogP contribution in [0.3, 0.4) is 0 Å². The zero-order chi connectivity index (χ0) is 32.6. The van der Waals surface area contributed by atoms with Crippen molar-refractivity contribution in [2.75, 3.05) is 6.61 Å². The van der Waals surface area contributed by atoms with Crippen molar-refractivity contribution in [3.05, 3.63) is 25.7 Å². The first kappa shape index (κ1) is 34.0. The van der Waals surface area contributed by atoms with Crippen LogP contribution in [0.2, 0.25) is 0 Å². The molecule has 17 heteroatoms. The fourth-order valence-corrected chi connectivity index (χ4v) is 8.28. The van der Waals surface area contributed by atoms with E-state index >= 15 is 0 Å². The van der Waals surface area contributed by atoms with Gasteiger partial charge in [0.15, 0.2) is 0 Å². The van der Waals surface area contributed by atoms with E-state index in [4.69, 9.17) is 4.74 Å². The monoisotopic (exact) mass is 650 g/mol. The lowest BCUT2D eigenvalue weighted by atomic mass is 9.76. The second kappa shape index (κ2) is 10.9. The van der Waals surface area contributed by atoms with Crippen LogP contribution in [0, 0.1) is 35.5 Å². The van der Waals surface area contributed by atoms with Crippen LogP contribution in [-0.2, 0) is 18.9 Å². The lowest BCUT2D eigenvalue weighted by molar-refractivity contribution is -0.387. The summed E-state index contributed by atoms with van der Waals surface area (Å²) in [6, 6.07) is 0. The van der Waals surface area contributed by atoms with Crippen molar-refractivity contribution in [3.8, 4) is 0 Å². The van der Waals surface area contributed by atoms with Crippen molar-refractivity contribution < 1.29 is 76.7 Å². The Labute approximate surface area is 238 Å². The number of ether oxygens (including phenoxy) is 4. The van der Waals surface area contributed by atoms with Gasteiger partial charge in [-0.1, -0.05) is 13.2 Å². The van der Waals surface area contributed by atoms with Crippen molar-refractivity contribution >= 4 is 0 Å². The van der Waals surface area contributed by atoms with Gasteiger partial charge in [-0.2, -0.15) is 52.7 Å². The van der Waals surface area contributed by atoms with E-state index in [-0.39, 0.29) is 31.6 Å². The first-order chi connectivity index (χ1) is 19.6. The predicted octanol–water partition coefficient (Wildman–Crippen LogP) is 6.87. The summed E-state index contributed by atoms with van der Waals surface area (Å²) in [5, 5.41) is 9.69. The third-order valence-corrected chi connectivity index (χ3v) is 9.60. The summed E-state index contributed by atoms with van der Waals surface area (Å²) < 4.78 is 176. The summed E-state index contributed by atoms with van der Waals surface area (Å²) in [4.78, 5) is 0. The molecule has 6 rings (SSSR count). The van der Waals surface area contributed by atoms with E-state index in [0.29, 0.717) is 0 Å². The molecule has 248 valence electrons. The van der Waals surface area contributed by atoms with Crippen molar-refractivity contribution in [2.24, 2.45) is 35.5 Å². The van der Waals surface area contributed by atoms with E-state index in [9.17, 15) is 57.8 Å². The van der Waals surface area contributed by atoms with Crippen LogP contribution in [-0.4, -0.2) is 72.0 Å². The minimum atomic E-state index is -5.57. The van der Waals surface area contributed by atoms with Gasteiger partial charge in [0, 0.05) is 11.8 Å². The zero-order valence-corrected chi connectivity index (χ0v) is 22.5. The van der Waals surface area contributed by atoms with E-state index in [1.165, 1.54) is 6.26 Å². The van der Waals surface area contributed by atoms with Crippen LogP contribution in [0.25, 0.3) is 0 Å². The predicted molar refractivity (Wildman–Crippen MR) is 122 cm³/mol. The van der Waals surface area contributed by atoms with Gasteiger partial charge in [-0.3, -0.25) is 0 Å². The molecule has 0 aromatic heterocycles. The fourth-order valence-electron chi connectivity index (χ4n) is 8.28. The third-order valence-electron chi connectivity index (χ3n) is 9.60. The van der Waals surface area contributed by atoms with Gasteiger partial charge >= 0.3 is 24.7 Å². The standard InChI is InChI=1S/C12H12F6O2.C10H10F6O2.C4H8O/c1-2-19-9-5-3-6-7(4-5)20-10(8(6)9,11(13,14)15)12(16,17)18;11-9(12,13)8(10(14,15)16)6-4-1-3(7(6)17)2-5(4)18-8;1-3-5-4-2/h2,5-9H,1,3-4H2;3-7,17H,1-2H2;3H,1,4H2,2H3. The quantitative estimate of drug-likeness (QED) is 0.266. The Morgan fingerprint density at radius 1 is 0.698 bits per heavy atom. The molecule has 4 saturated carbocycles. The van der Waals surface area contributed by atoms with Gasteiger partial charge in [0.1, 0.15) is 6.10 Å². The highest BCUT2D eigenvalue weighted by molar-refractivity contribution is 5.21. The molecule has 2 saturated heterocycles. The molecule has 0 radical (unpaired) electrons. The molecule has 6 fully saturated rings. The number of aliphatic hydroxyl groups is 1. The van der Waals surface area contributed by atoms with E-state index in [1.807, 2.05) is 6.92 Å². The van der Waals surface area contributed by atoms with Gasteiger partial charge in [-0.25, -0.2) is 0 Å². The molecule has 0 spiro atoms. The van der Waals surface area contributed by atoms with Crippen LogP contribution in [0.4, 0.5) is 52.7 Å². The van der Waals surface area contributed by atoms with Gasteiger partial charge in [-0.15, -0.1) is 0 Å². The minimum absolute atomic E-state index is 0.0796. The summed E-state index contributed by atoms with van der Waals surface area (Å²) in [5.74, 6) is -6.09. The number of hydrogen-bond donors (Lipinski definition) is 1. The minimum Gasteiger partial charge on any atom is -0.502 e. The second-order valence-corrected chi connectivity index (χ2v) is 11.5. The molecule has 6 aliphatic rings. The molecular weight excluding hydrogens is 620 g/mol. The molecule has 0 amide bonds.